The molecule has 0 spiro atoms. The molecular weight excluding hydrogens is 219 g/mol. The SMILES string of the molecule is CC(C)N=P(Cl)(OCCC#N)C(C)C. The molecule has 0 aromatic heterocycles. The Balaban J connectivity index is 4.50. The van der Waals surface area contributed by atoms with Gasteiger partial charge in [0, 0.05) is 11.7 Å². The third-order valence-corrected chi connectivity index (χ3v) is 5.83. The minimum atomic E-state index is -2.18. The van der Waals surface area contributed by atoms with Crippen molar-refractivity contribution in [1.82, 2.24) is 0 Å². The van der Waals surface area contributed by atoms with E-state index in [9.17, 15) is 0 Å². The molecule has 5 heteroatoms. The summed E-state index contributed by atoms with van der Waals surface area (Å²) in [5.74, 6) is 0. The van der Waals surface area contributed by atoms with Gasteiger partial charge in [-0.1, -0.05) is 13.8 Å². The van der Waals surface area contributed by atoms with E-state index in [4.69, 9.17) is 21.0 Å². The Labute approximate surface area is 91.3 Å². The van der Waals surface area contributed by atoms with E-state index in [1.54, 1.807) is 0 Å². The van der Waals surface area contributed by atoms with Crippen molar-refractivity contribution in [3.05, 3.63) is 0 Å². The molecule has 0 heterocycles. The normalized spacial score (nSPS) is 15.3. The minimum Gasteiger partial charge on any atom is -0.331 e. The topological polar surface area (TPSA) is 45.4 Å². The van der Waals surface area contributed by atoms with Gasteiger partial charge < -0.3 is 4.52 Å². The van der Waals surface area contributed by atoms with Crippen LogP contribution in [0.4, 0.5) is 0 Å². The number of nitrogens with zero attached hydrogens (tertiary/aromatic N) is 2. The Morgan fingerprint density at radius 1 is 1.43 bits per heavy atom. The van der Waals surface area contributed by atoms with Gasteiger partial charge in [0.2, 0.25) is 0 Å². The summed E-state index contributed by atoms with van der Waals surface area (Å²) in [5, 5.41) is 8.39. The van der Waals surface area contributed by atoms with E-state index in [1.807, 2.05) is 33.8 Å². The van der Waals surface area contributed by atoms with Gasteiger partial charge in [-0.3, -0.25) is 4.74 Å². The van der Waals surface area contributed by atoms with Crippen LogP contribution in [-0.2, 0) is 4.52 Å². The van der Waals surface area contributed by atoms with Crippen molar-refractivity contribution in [2.45, 2.75) is 45.8 Å². The van der Waals surface area contributed by atoms with E-state index in [1.165, 1.54) is 0 Å². The zero-order chi connectivity index (χ0) is 11.2. The van der Waals surface area contributed by atoms with Crippen molar-refractivity contribution < 1.29 is 4.52 Å². The molecule has 0 saturated heterocycles. The monoisotopic (exact) mass is 236 g/mol. The molecule has 0 bridgehead atoms. The second-order valence-electron chi connectivity index (χ2n) is 3.59. The lowest BCUT2D eigenvalue weighted by molar-refractivity contribution is 0.358. The highest BCUT2D eigenvalue weighted by Crippen LogP contribution is 2.60. The number of rotatable bonds is 5. The maximum absolute atomic E-state index is 8.39. The lowest BCUT2D eigenvalue weighted by atomic mass is 10.4. The molecule has 0 saturated carbocycles. The first-order chi connectivity index (χ1) is 6.42. The molecule has 82 valence electrons. The first kappa shape index (κ1) is 14.0. The molecule has 0 amide bonds. The summed E-state index contributed by atoms with van der Waals surface area (Å²) in [6.45, 7) is 6.15. The second-order valence-corrected chi connectivity index (χ2v) is 7.65. The van der Waals surface area contributed by atoms with Crippen LogP contribution in [0.5, 0.6) is 0 Å². The van der Waals surface area contributed by atoms with Crippen LogP contribution in [0.1, 0.15) is 34.1 Å². The molecule has 0 aromatic rings. The molecule has 14 heavy (non-hydrogen) atoms. The number of halogens is 1. The fraction of sp³-hybridized carbons (Fsp3) is 0.889. The van der Waals surface area contributed by atoms with Crippen molar-refractivity contribution in [1.29, 1.82) is 5.26 Å². The van der Waals surface area contributed by atoms with Gasteiger partial charge >= 0.3 is 0 Å². The average Bonchev–Trinajstić information content (AvgIpc) is 2.03. The third-order valence-electron chi connectivity index (χ3n) is 1.51. The fourth-order valence-corrected chi connectivity index (χ4v) is 3.19. The first-order valence-electron chi connectivity index (χ1n) is 4.74. The van der Waals surface area contributed by atoms with E-state index >= 15 is 0 Å². The van der Waals surface area contributed by atoms with Crippen LogP contribution in [0, 0.1) is 11.3 Å². The van der Waals surface area contributed by atoms with Crippen LogP contribution in [-0.4, -0.2) is 18.3 Å². The van der Waals surface area contributed by atoms with E-state index in [-0.39, 0.29) is 11.7 Å². The Bertz CT molecular complexity index is 258. The highest BCUT2D eigenvalue weighted by Gasteiger charge is 2.22. The van der Waals surface area contributed by atoms with Gasteiger partial charge in [0.1, 0.15) is 0 Å². The highest BCUT2D eigenvalue weighted by atomic mass is 35.7. The second kappa shape index (κ2) is 6.45. The molecule has 3 nitrogen and oxygen atoms in total. The van der Waals surface area contributed by atoms with E-state index in [2.05, 4.69) is 4.74 Å². The van der Waals surface area contributed by atoms with Crippen LogP contribution < -0.4 is 0 Å². The first-order valence-corrected chi connectivity index (χ1v) is 7.38. The largest absolute Gasteiger partial charge is 0.331 e. The molecule has 0 aliphatic carbocycles. The molecule has 1 atom stereocenters. The summed E-state index contributed by atoms with van der Waals surface area (Å²) in [6.07, 6.45) is 0.370. The predicted molar refractivity (Wildman–Crippen MR) is 61.7 cm³/mol. The van der Waals surface area contributed by atoms with Gasteiger partial charge in [-0.05, 0) is 25.1 Å². The molecule has 0 aromatic carbocycles. The van der Waals surface area contributed by atoms with Gasteiger partial charge in [0.25, 0.3) is 0 Å². The van der Waals surface area contributed by atoms with Crippen molar-refractivity contribution >= 4 is 17.9 Å². The molecule has 0 aliphatic heterocycles. The predicted octanol–water partition coefficient (Wildman–Crippen LogP) is 4.00. The highest BCUT2D eigenvalue weighted by molar-refractivity contribution is 7.87. The van der Waals surface area contributed by atoms with Crippen LogP contribution >= 0.6 is 17.9 Å². The zero-order valence-electron chi connectivity index (χ0n) is 9.20. The Kier molecular flexibility index (Phi) is 6.44. The fourth-order valence-electron chi connectivity index (χ4n) is 0.850. The average molecular weight is 237 g/mol. The van der Waals surface area contributed by atoms with Crippen molar-refractivity contribution in [3.63, 3.8) is 0 Å². The zero-order valence-corrected chi connectivity index (χ0v) is 10.8. The van der Waals surface area contributed by atoms with E-state index in [0.717, 1.165) is 0 Å². The third kappa shape index (κ3) is 5.00. The lowest BCUT2D eigenvalue weighted by Gasteiger charge is -2.22. The van der Waals surface area contributed by atoms with Crippen LogP contribution in [0.15, 0.2) is 4.74 Å². The van der Waals surface area contributed by atoms with Crippen LogP contribution in [0.2, 0.25) is 0 Å². The minimum absolute atomic E-state index is 0.172. The Morgan fingerprint density at radius 3 is 2.36 bits per heavy atom. The summed E-state index contributed by atoms with van der Waals surface area (Å²) >= 11 is 6.32. The maximum atomic E-state index is 8.39. The molecule has 0 fully saturated rings. The van der Waals surface area contributed by atoms with Gasteiger partial charge in [-0.2, -0.15) is 5.26 Å². The van der Waals surface area contributed by atoms with Gasteiger partial charge in [0.15, 0.2) is 6.63 Å². The van der Waals surface area contributed by atoms with Crippen LogP contribution in [0.25, 0.3) is 0 Å². The number of hydrogen-bond donors (Lipinski definition) is 0. The van der Waals surface area contributed by atoms with Gasteiger partial charge in [-0.15, -0.1) is 0 Å². The van der Waals surface area contributed by atoms with Crippen LogP contribution in [0.3, 0.4) is 0 Å². The van der Waals surface area contributed by atoms with Crippen molar-refractivity contribution in [3.8, 4) is 6.07 Å². The number of hydrogen-bond acceptors (Lipinski definition) is 3. The summed E-state index contributed by atoms with van der Waals surface area (Å²) < 4.78 is 9.95. The Morgan fingerprint density at radius 2 is 2.00 bits per heavy atom. The van der Waals surface area contributed by atoms with Gasteiger partial charge in [-0.25, -0.2) is 0 Å². The maximum Gasteiger partial charge on any atom is 0.175 e. The van der Waals surface area contributed by atoms with E-state index < -0.39 is 6.63 Å². The molecule has 0 radical (unpaired) electrons. The summed E-state index contributed by atoms with van der Waals surface area (Å²) in [6, 6.07) is 2.20. The molecule has 0 N–H and O–H groups in total. The Hall–Kier alpha value is -0.0300. The molecule has 0 aliphatic rings. The quantitative estimate of drug-likeness (QED) is 0.535. The lowest BCUT2D eigenvalue weighted by Crippen LogP contribution is -2.01. The molecular formula is C9H18ClN2OP. The standard InChI is InChI=1S/C9H18ClN2OP/c1-8(2)12-14(10,9(3)4)13-7-5-6-11/h8-9H,5,7H2,1-4H3. The van der Waals surface area contributed by atoms with E-state index in [0.29, 0.717) is 13.0 Å². The van der Waals surface area contributed by atoms with Crippen molar-refractivity contribution in [2.24, 2.45) is 4.74 Å². The summed E-state index contributed by atoms with van der Waals surface area (Å²) in [5.41, 5.74) is 0.199. The van der Waals surface area contributed by atoms with Crippen molar-refractivity contribution in [2.75, 3.05) is 6.61 Å². The van der Waals surface area contributed by atoms with Gasteiger partial charge in [0.05, 0.1) is 19.1 Å². The summed E-state index contributed by atoms with van der Waals surface area (Å²) in [7, 11) is 0. The molecule has 0 rings (SSSR count). The summed E-state index contributed by atoms with van der Waals surface area (Å²) in [4.78, 5) is 0. The number of nitriles is 1. The smallest absolute Gasteiger partial charge is 0.175 e. The molecule has 1 unspecified atom stereocenters.